The maximum atomic E-state index is 13.8. The highest BCUT2D eigenvalue weighted by Crippen LogP contribution is 2.55. The number of ether oxygens (including phenoxy) is 1. The van der Waals surface area contributed by atoms with Crippen LogP contribution in [0.4, 0.5) is 16.3 Å². The van der Waals surface area contributed by atoms with Crippen molar-refractivity contribution in [2.45, 2.75) is 35.4 Å². The lowest BCUT2D eigenvalue weighted by Gasteiger charge is -2.34. The molecule has 1 aromatic carbocycles. The lowest BCUT2D eigenvalue weighted by molar-refractivity contribution is 0.0985. The van der Waals surface area contributed by atoms with Crippen molar-refractivity contribution in [2.24, 2.45) is 0 Å². The number of nitrogens with zero attached hydrogens (tertiary/aromatic N) is 4. The first-order valence-corrected chi connectivity index (χ1v) is 14.1. The Bertz CT molecular complexity index is 1480. The van der Waals surface area contributed by atoms with Crippen LogP contribution in [0, 0.1) is 0 Å². The fourth-order valence-electron chi connectivity index (χ4n) is 4.60. The van der Waals surface area contributed by atoms with Gasteiger partial charge in [0.05, 0.1) is 36.5 Å². The van der Waals surface area contributed by atoms with Crippen LogP contribution in [0.5, 0.6) is 0 Å². The van der Waals surface area contributed by atoms with Crippen LogP contribution >= 0.6 is 0 Å². The lowest BCUT2D eigenvalue weighted by Crippen LogP contribution is -2.44. The smallest absolute Gasteiger partial charge is 0.323 e. The normalized spacial score (nSPS) is 18.3. The first kappa shape index (κ1) is 26.7. The summed E-state index contributed by atoms with van der Waals surface area (Å²) >= 11 is 0. The summed E-state index contributed by atoms with van der Waals surface area (Å²) < 4.78 is 32.0. The molecule has 39 heavy (non-hydrogen) atoms. The number of aliphatic hydroxyl groups excluding tert-OH is 1. The second-order valence-electron chi connectivity index (χ2n) is 9.65. The molecule has 3 N–H and O–H groups in total. The number of carbonyl (C=O) groups is 1. The maximum Gasteiger partial charge on any atom is 0.323 e. The number of urea groups is 1. The predicted molar refractivity (Wildman–Crippen MR) is 146 cm³/mol. The second kappa shape index (κ2) is 10.7. The summed E-state index contributed by atoms with van der Waals surface area (Å²) in [4.78, 5) is 28.0. The Hall–Kier alpha value is -3.87. The molecule has 1 saturated carbocycles. The third-order valence-corrected chi connectivity index (χ3v) is 9.44. The summed E-state index contributed by atoms with van der Waals surface area (Å²) in [6.45, 7) is 6.93. The fourth-order valence-corrected chi connectivity index (χ4v) is 6.55. The van der Waals surface area contributed by atoms with Gasteiger partial charge < -0.3 is 25.4 Å². The molecule has 2 aromatic heterocycles. The standard InChI is InChI=1S/C27H30N6O5S/c1-18(16-34)29-26(35)30-21-5-3-20(4-6-21)25-31-23(15-24(32-25)33-13-14-38-17-19(33)2)27(9-10-27)39(36,37)22-7-11-28-12-8-22/h3-8,11-12,15,19,34H,1,9-10,13-14,16-17H2,2H3,(H2,29,30,35)/t19-/m0/s1. The average Bonchev–Trinajstić information content (AvgIpc) is 3.77. The molecule has 11 nitrogen and oxygen atoms in total. The van der Waals surface area contributed by atoms with E-state index >= 15 is 0 Å². The van der Waals surface area contributed by atoms with Crippen molar-refractivity contribution in [3.8, 4) is 11.4 Å². The highest BCUT2D eigenvalue weighted by molar-refractivity contribution is 7.92. The Balaban J connectivity index is 1.52. The monoisotopic (exact) mass is 550 g/mol. The predicted octanol–water partition coefficient (Wildman–Crippen LogP) is 2.85. The van der Waals surface area contributed by atoms with Crippen LogP contribution < -0.4 is 15.5 Å². The minimum absolute atomic E-state index is 0.0556. The highest BCUT2D eigenvalue weighted by atomic mass is 32.2. The van der Waals surface area contributed by atoms with Gasteiger partial charge in [0, 0.05) is 42.0 Å². The maximum absolute atomic E-state index is 13.8. The van der Waals surface area contributed by atoms with Gasteiger partial charge in [-0.05, 0) is 56.2 Å². The number of morpholine rings is 1. The van der Waals surface area contributed by atoms with Crippen molar-refractivity contribution in [3.05, 3.63) is 72.8 Å². The molecule has 2 amide bonds. The number of rotatable bonds is 8. The molecule has 0 unspecified atom stereocenters. The summed E-state index contributed by atoms with van der Waals surface area (Å²) in [6.07, 6.45) is 3.88. The second-order valence-corrected chi connectivity index (χ2v) is 11.9. The third kappa shape index (κ3) is 5.35. The molecule has 5 rings (SSSR count). The van der Waals surface area contributed by atoms with E-state index < -0.39 is 20.6 Å². The van der Waals surface area contributed by atoms with Gasteiger partial charge in [-0.15, -0.1) is 0 Å². The van der Waals surface area contributed by atoms with Crippen LogP contribution in [0.1, 0.15) is 25.5 Å². The largest absolute Gasteiger partial charge is 0.390 e. The average molecular weight is 551 g/mol. The molecule has 0 radical (unpaired) electrons. The van der Waals surface area contributed by atoms with Crippen LogP contribution in [-0.2, 0) is 19.3 Å². The van der Waals surface area contributed by atoms with E-state index in [1.54, 1.807) is 30.3 Å². The van der Waals surface area contributed by atoms with Crippen LogP contribution in [0.3, 0.4) is 0 Å². The topological polar surface area (TPSA) is 147 Å². The van der Waals surface area contributed by atoms with E-state index in [2.05, 4.69) is 27.1 Å². The fraction of sp³-hybridized carbons (Fsp3) is 0.333. The molecule has 2 aliphatic rings. The van der Waals surface area contributed by atoms with E-state index in [0.29, 0.717) is 61.2 Å². The van der Waals surface area contributed by atoms with Crippen LogP contribution in [-0.4, -0.2) is 66.9 Å². The number of hydrogen-bond donors (Lipinski definition) is 3. The van der Waals surface area contributed by atoms with Crippen molar-refractivity contribution in [1.82, 2.24) is 20.3 Å². The summed E-state index contributed by atoms with van der Waals surface area (Å²) in [7, 11) is -3.73. The molecule has 1 saturated heterocycles. The van der Waals surface area contributed by atoms with E-state index in [4.69, 9.17) is 19.8 Å². The number of anilines is 2. The zero-order chi connectivity index (χ0) is 27.6. The van der Waals surface area contributed by atoms with Crippen LogP contribution in [0.15, 0.2) is 72.0 Å². The van der Waals surface area contributed by atoms with E-state index in [1.807, 2.05) is 6.92 Å². The van der Waals surface area contributed by atoms with Gasteiger partial charge in [-0.2, -0.15) is 0 Å². The zero-order valence-corrected chi connectivity index (χ0v) is 22.3. The van der Waals surface area contributed by atoms with Crippen molar-refractivity contribution >= 4 is 27.4 Å². The summed E-state index contributed by atoms with van der Waals surface area (Å²) in [6, 6.07) is 11.3. The first-order chi connectivity index (χ1) is 18.7. The Kier molecular flexibility index (Phi) is 7.34. The van der Waals surface area contributed by atoms with Gasteiger partial charge in [0.25, 0.3) is 0 Å². The molecule has 204 valence electrons. The zero-order valence-electron chi connectivity index (χ0n) is 21.5. The van der Waals surface area contributed by atoms with Crippen molar-refractivity contribution in [2.75, 3.05) is 36.6 Å². The number of pyridine rings is 1. The lowest BCUT2D eigenvalue weighted by atomic mass is 10.1. The molecule has 1 atom stereocenters. The van der Waals surface area contributed by atoms with Gasteiger partial charge in [-0.25, -0.2) is 23.2 Å². The molecule has 3 aromatic rings. The van der Waals surface area contributed by atoms with Gasteiger partial charge in [0.1, 0.15) is 10.6 Å². The van der Waals surface area contributed by atoms with Gasteiger partial charge in [-0.1, -0.05) is 6.58 Å². The molecule has 2 fully saturated rings. The number of aliphatic hydroxyl groups is 1. The third-order valence-electron chi connectivity index (χ3n) is 6.90. The first-order valence-electron chi connectivity index (χ1n) is 12.6. The number of carbonyl (C=O) groups excluding carboxylic acids is 1. The minimum Gasteiger partial charge on any atom is -0.390 e. The van der Waals surface area contributed by atoms with Gasteiger partial charge >= 0.3 is 6.03 Å². The van der Waals surface area contributed by atoms with Crippen LogP contribution in [0.25, 0.3) is 11.4 Å². The number of benzene rings is 1. The van der Waals surface area contributed by atoms with Gasteiger partial charge in [0.15, 0.2) is 15.7 Å². The molecule has 0 bridgehead atoms. The molecular formula is C27H30N6O5S. The van der Waals surface area contributed by atoms with Crippen molar-refractivity contribution in [1.29, 1.82) is 0 Å². The van der Waals surface area contributed by atoms with Crippen molar-refractivity contribution < 1.29 is 23.1 Å². The SMILES string of the molecule is C=C(CO)NC(=O)Nc1ccc(-c2nc(N3CCOC[C@@H]3C)cc(C3(S(=O)(=O)c4ccncc4)CC3)n2)cc1. The molecule has 1 aliphatic carbocycles. The summed E-state index contributed by atoms with van der Waals surface area (Å²) in [5.41, 5.74) is 1.82. The quantitative estimate of drug-likeness (QED) is 0.385. The molecule has 1 aliphatic heterocycles. The summed E-state index contributed by atoms with van der Waals surface area (Å²) in [5, 5.41) is 14.1. The number of amides is 2. The molecule has 12 heteroatoms. The molecule has 0 spiro atoms. The Labute approximate surface area is 226 Å². The van der Waals surface area contributed by atoms with E-state index in [1.165, 1.54) is 24.5 Å². The number of sulfone groups is 1. The number of nitrogens with one attached hydrogen (secondary N) is 2. The Morgan fingerprint density at radius 3 is 2.54 bits per heavy atom. The van der Waals surface area contributed by atoms with Gasteiger partial charge in [-0.3, -0.25) is 4.98 Å². The van der Waals surface area contributed by atoms with Crippen molar-refractivity contribution in [3.63, 3.8) is 0 Å². The Morgan fingerprint density at radius 1 is 1.18 bits per heavy atom. The molecular weight excluding hydrogens is 520 g/mol. The highest BCUT2D eigenvalue weighted by Gasteiger charge is 2.58. The molecule has 3 heterocycles. The summed E-state index contributed by atoms with van der Waals surface area (Å²) in [5.74, 6) is 1.04. The van der Waals surface area contributed by atoms with E-state index in [9.17, 15) is 13.2 Å². The van der Waals surface area contributed by atoms with E-state index in [0.717, 1.165) is 0 Å². The van der Waals surface area contributed by atoms with Crippen LogP contribution in [0.2, 0.25) is 0 Å². The number of hydrogen-bond acceptors (Lipinski definition) is 9. The minimum atomic E-state index is -3.73. The number of aromatic nitrogens is 3. The van der Waals surface area contributed by atoms with Gasteiger partial charge in [0.2, 0.25) is 0 Å². The Morgan fingerprint density at radius 2 is 1.90 bits per heavy atom. The van der Waals surface area contributed by atoms with E-state index in [-0.39, 0.29) is 23.2 Å².